The number of para-hydroxylation sites is 2. The number of ether oxygens (including phenoxy) is 1. The maximum absolute atomic E-state index is 13.1. The second-order valence-corrected chi connectivity index (χ2v) is 6.82. The van der Waals surface area contributed by atoms with Crippen molar-refractivity contribution in [3.8, 4) is 5.75 Å². The summed E-state index contributed by atoms with van der Waals surface area (Å²) >= 11 is 0. The van der Waals surface area contributed by atoms with Gasteiger partial charge in [-0.1, -0.05) is 36.4 Å². The first-order chi connectivity index (χ1) is 12.7. The maximum Gasteiger partial charge on any atom is 0.252 e. The second kappa shape index (κ2) is 6.79. The van der Waals surface area contributed by atoms with E-state index < -0.39 is 0 Å². The van der Waals surface area contributed by atoms with Crippen LogP contribution in [-0.2, 0) is 0 Å². The molecule has 0 radical (unpaired) electrons. The molecule has 4 rings (SSSR count). The summed E-state index contributed by atoms with van der Waals surface area (Å²) in [5.74, 6) is 1.19. The molecular formula is C22H22N2O2. The molecule has 0 saturated heterocycles. The Bertz CT molecular complexity index is 963. The van der Waals surface area contributed by atoms with E-state index in [9.17, 15) is 4.79 Å². The number of nitrogens with one attached hydrogen (secondary N) is 1. The number of fused-ring (bicyclic) bond motifs is 1. The van der Waals surface area contributed by atoms with Gasteiger partial charge >= 0.3 is 0 Å². The van der Waals surface area contributed by atoms with Crippen LogP contribution in [0.25, 0.3) is 10.9 Å². The summed E-state index contributed by atoms with van der Waals surface area (Å²) in [5.41, 5.74) is 3.56. The zero-order valence-corrected chi connectivity index (χ0v) is 15.0. The third-order valence-corrected chi connectivity index (χ3v) is 4.93. The first-order valence-electron chi connectivity index (χ1n) is 9.01. The fourth-order valence-corrected chi connectivity index (χ4v) is 3.35. The molecule has 0 bridgehead atoms. The Morgan fingerprint density at radius 2 is 1.88 bits per heavy atom. The predicted octanol–water partition coefficient (Wildman–Crippen LogP) is 4.61. The van der Waals surface area contributed by atoms with E-state index in [0.717, 1.165) is 40.8 Å². The molecule has 1 heterocycles. The van der Waals surface area contributed by atoms with Gasteiger partial charge in [-0.3, -0.25) is 9.78 Å². The predicted molar refractivity (Wildman–Crippen MR) is 103 cm³/mol. The van der Waals surface area contributed by atoms with Crippen LogP contribution in [0.4, 0.5) is 0 Å². The monoisotopic (exact) mass is 346 g/mol. The van der Waals surface area contributed by atoms with Gasteiger partial charge in [0.25, 0.3) is 5.91 Å². The Balaban J connectivity index is 1.67. The van der Waals surface area contributed by atoms with E-state index in [1.165, 1.54) is 0 Å². The summed E-state index contributed by atoms with van der Waals surface area (Å²) in [7, 11) is 1.64. The summed E-state index contributed by atoms with van der Waals surface area (Å²) in [5, 5.41) is 4.01. The average Bonchev–Trinajstić information content (AvgIpc) is 3.52. The van der Waals surface area contributed by atoms with Gasteiger partial charge in [-0.25, -0.2) is 0 Å². The number of aromatic nitrogens is 1. The normalized spacial score (nSPS) is 14.8. The minimum atomic E-state index is -0.157. The molecule has 132 valence electrons. The topological polar surface area (TPSA) is 51.2 Å². The maximum atomic E-state index is 13.1. The van der Waals surface area contributed by atoms with Crippen LogP contribution in [0.1, 0.15) is 53.3 Å². The van der Waals surface area contributed by atoms with Crippen molar-refractivity contribution in [1.29, 1.82) is 0 Å². The Kier molecular flexibility index (Phi) is 4.33. The summed E-state index contributed by atoms with van der Waals surface area (Å²) in [4.78, 5) is 17.8. The Labute approximate surface area is 153 Å². The Morgan fingerprint density at radius 3 is 2.65 bits per heavy atom. The quantitative estimate of drug-likeness (QED) is 0.734. The van der Waals surface area contributed by atoms with Crippen molar-refractivity contribution < 1.29 is 9.53 Å². The molecule has 4 heteroatoms. The van der Waals surface area contributed by atoms with Crippen LogP contribution in [0.5, 0.6) is 5.75 Å². The number of carbonyl (C=O) groups excluding carboxylic acids is 1. The molecule has 2 aromatic carbocycles. The molecule has 1 aliphatic carbocycles. The van der Waals surface area contributed by atoms with Crippen LogP contribution in [-0.4, -0.2) is 18.0 Å². The number of carbonyl (C=O) groups is 1. The number of amides is 1. The Morgan fingerprint density at radius 1 is 1.15 bits per heavy atom. The number of benzene rings is 2. The van der Waals surface area contributed by atoms with Gasteiger partial charge in [-0.05, 0) is 38.0 Å². The molecule has 4 nitrogen and oxygen atoms in total. The van der Waals surface area contributed by atoms with E-state index in [4.69, 9.17) is 9.72 Å². The van der Waals surface area contributed by atoms with Crippen LogP contribution < -0.4 is 10.1 Å². The van der Waals surface area contributed by atoms with Crippen LogP contribution in [0.3, 0.4) is 0 Å². The number of rotatable bonds is 5. The second-order valence-electron chi connectivity index (χ2n) is 6.82. The summed E-state index contributed by atoms with van der Waals surface area (Å²) in [6.07, 6.45) is 2.31. The van der Waals surface area contributed by atoms with E-state index in [2.05, 4.69) is 5.32 Å². The van der Waals surface area contributed by atoms with E-state index in [1.54, 1.807) is 7.11 Å². The zero-order chi connectivity index (χ0) is 18.1. The third kappa shape index (κ3) is 3.15. The lowest BCUT2D eigenvalue weighted by Gasteiger charge is -2.18. The van der Waals surface area contributed by atoms with Crippen molar-refractivity contribution >= 4 is 16.8 Å². The minimum Gasteiger partial charge on any atom is -0.496 e. The van der Waals surface area contributed by atoms with Crippen LogP contribution in [0.2, 0.25) is 0 Å². The molecule has 1 N–H and O–H groups in total. The van der Waals surface area contributed by atoms with Gasteiger partial charge in [0, 0.05) is 22.6 Å². The fourth-order valence-electron chi connectivity index (χ4n) is 3.35. The number of hydrogen-bond donors (Lipinski definition) is 1. The number of nitrogens with zero attached hydrogens (tertiary/aromatic N) is 1. The average molecular weight is 346 g/mol. The SMILES string of the molecule is COc1ccccc1C(C)NC(=O)c1cc(C2CC2)nc2ccccc12. The molecule has 0 aliphatic heterocycles. The minimum absolute atomic E-state index is 0.0797. The van der Waals surface area contributed by atoms with Gasteiger partial charge in [0.05, 0.1) is 24.2 Å². The molecule has 3 aromatic rings. The van der Waals surface area contributed by atoms with Gasteiger partial charge in [0.15, 0.2) is 0 Å². The summed E-state index contributed by atoms with van der Waals surface area (Å²) < 4.78 is 5.42. The highest BCUT2D eigenvalue weighted by Crippen LogP contribution is 2.40. The van der Waals surface area contributed by atoms with Gasteiger partial charge < -0.3 is 10.1 Å². The first-order valence-corrected chi connectivity index (χ1v) is 9.01. The van der Waals surface area contributed by atoms with Crippen molar-refractivity contribution in [1.82, 2.24) is 10.3 Å². The van der Waals surface area contributed by atoms with Crippen molar-refractivity contribution in [3.05, 3.63) is 71.4 Å². The molecule has 1 aliphatic rings. The lowest BCUT2D eigenvalue weighted by molar-refractivity contribution is 0.0941. The van der Waals surface area contributed by atoms with Crippen LogP contribution in [0, 0.1) is 0 Å². The van der Waals surface area contributed by atoms with Crippen LogP contribution in [0.15, 0.2) is 54.6 Å². The van der Waals surface area contributed by atoms with Crippen molar-refractivity contribution in [3.63, 3.8) is 0 Å². The number of hydrogen-bond acceptors (Lipinski definition) is 3. The molecule has 1 fully saturated rings. The van der Waals surface area contributed by atoms with Crippen LogP contribution >= 0.6 is 0 Å². The van der Waals surface area contributed by atoms with Crippen molar-refractivity contribution in [2.24, 2.45) is 0 Å². The fraction of sp³-hybridized carbons (Fsp3) is 0.273. The van der Waals surface area contributed by atoms with Gasteiger partial charge in [0.2, 0.25) is 0 Å². The smallest absolute Gasteiger partial charge is 0.252 e. The van der Waals surface area contributed by atoms with E-state index >= 15 is 0 Å². The van der Waals surface area contributed by atoms with Gasteiger partial charge in [-0.2, -0.15) is 0 Å². The number of pyridine rings is 1. The van der Waals surface area contributed by atoms with Gasteiger partial charge in [0.1, 0.15) is 5.75 Å². The van der Waals surface area contributed by atoms with Gasteiger partial charge in [-0.15, -0.1) is 0 Å². The molecule has 0 spiro atoms. The first kappa shape index (κ1) is 16.6. The highest BCUT2D eigenvalue weighted by Gasteiger charge is 2.27. The van der Waals surface area contributed by atoms with E-state index in [0.29, 0.717) is 11.5 Å². The van der Waals surface area contributed by atoms with E-state index in [-0.39, 0.29) is 11.9 Å². The molecule has 1 atom stereocenters. The molecule has 1 saturated carbocycles. The lowest BCUT2D eigenvalue weighted by atomic mass is 10.0. The number of methoxy groups -OCH3 is 1. The largest absolute Gasteiger partial charge is 0.496 e. The summed E-state index contributed by atoms with van der Waals surface area (Å²) in [6.45, 7) is 1.97. The molecule has 1 amide bonds. The molecule has 1 aromatic heterocycles. The molecular weight excluding hydrogens is 324 g/mol. The van der Waals surface area contributed by atoms with Crippen molar-refractivity contribution in [2.45, 2.75) is 31.7 Å². The highest BCUT2D eigenvalue weighted by molar-refractivity contribution is 6.06. The lowest BCUT2D eigenvalue weighted by Crippen LogP contribution is -2.27. The van der Waals surface area contributed by atoms with Crippen molar-refractivity contribution in [2.75, 3.05) is 7.11 Å². The standard InChI is InChI=1S/C22H22N2O2/c1-14(16-7-4-6-10-21(16)26-2)23-22(25)18-13-20(15-11-12-15)24-19-9-5-3-8-17(18)19/h3-10,13-15H,11-12H2,1-2H3,(H,23,25). The highest BCUT2D eigenvalue weighted by atomic mass is 16.5. The Hall–Kier alpha value is -2.88. The molecule has 26 heavy (non-hydrogen) atoms. The third-order valence-electron chi connectivity index (χ3n) is 4.93. The summed E-state index contributed by atoms with van der Waals surface area (Å²) in [6, 6.07) is 17.4. The zero-order valence-electron chi connectivity index (χ0n) is 15.0. The molecule has 1 unspecified atom stereocenters. The van der Waals surface area contributed by atoms with E-state index in [1.807, 2.05) is 61.5 Å².